The molecule has 0 bridgehead atoms. The zero-order valence-electron chi connectivity index (χ0n) is 16.1. The van der Waals surface area contributed by atoms with Gasteiger partial charge in [0.25, 0.3) is 5.91 Å². The standard InChI is InChI=1S/C22H29NO3/c1-5-16(4)19-10-8-9-11-21(19)26-20(6-2)22(24)23-17-12-14-18(15-13-17)25-7-3/h8-16,20H,5-7H2,1-4H3,(H,23,24). The fraction of sp³-hybridized carbons (Fsp3) is 0.409. The van der Waals surface area contributed by atoms with Gasteiger partial charge in [0.2, 0.25) is 0 Å². The van der Waals surface area contributed by atoms with Crippen molar-refractivity contribution in [3.63, 3.8) is 0 Å². The monoisotopic (exact) mass is 355 g/mol. The van der Waals surface area contributed by atoms with E-state index in [1.807, 2.05) is 56.3 Å². The molecule has 0 aliphatic carbocycles. The highest BCUT2D eigenvalue weighted by molar-refractivity contribution is 5.94. The zero-order valence-corrected chi connectivity index (χ0v) is 16.1. The van der Waals surface area contributed by atoms with Crippen LogP contribution in [-0.4, -0.2) is 18.6 Å². The van der Waals surface area contributed by atoms with Gasteiger partial charge in [0.05, 0.1) is 6.61 Å². The Kier molecular flexibility index (Phi) is 7.52. The Morgan fingerprint density at radius 1 is 1.00 bits per heavy atom. The summed E-state index contributed by atoms with van der Waals surface area (Å²) in [7, 11) is 0. The van der Waals surface area contributed by atoms with Gasteiger partial charge < -0.3 is 14.8 Å². The fourth-order valence-corrected chi connectivity index (χ4v) is 2.71. The van der Waals surface area contributed by atoms with E-state index in [1.165, 1.54) is 0 Å². The number of rotatable bonds is 9. The molecule has 0 fully saturated rings. The topological polar surface area (TPSA) is 47.6 Å². The highest BCUT2D eigenvalue weighted by Gasteiger charge is 2.21. The number of benzene rings is 2. The minimum Gasteiger partial charge on any atom is -0.494 e. The quantitative estimate of drug-likeness (QED) is 0.655. The first-order valence-electron chi connectivity index (χ1n) is 9.38. The molecule has 0 aliphatic heterocycles. The summed E-state index contributed by atoms with van der Waals surface area (Å²) in [6.45, 7) is 8.83. The molecule has 2 rings (SSSR count). The number of para-hydroxylation sites is 1. The minimum absolute atomic E-state index is 0.143. The highest BCUT2D eigenvalue weighted by Crippen LogP contribution is 2.29. The van der Waals surface area contributed by atoms with E-state index in [2.05, 4.69) is 25.2 Å². The van der Waals surface area contributed by atoms with Gasteiger partial charge in [-0.15, -0.1) is 0 Å². The molecule has 2 unspecified atom stereocenters. The number of anilines is 1. The number of nitrogens with one attached hydrogen (secondary N) is 1. The number of hydrogen-bond donors (Lipinski definition) is 1. The maximum atomic E-state index is 12.6. The van der Waals surface area contributed by atoms with Crippen LogP contribution in [0.15, 0.2) is 48.5 Å². The van der Waals surface area contributed by atoms with Crippen molar-refractivity contribution in [2.75, 3.05) is 11.9 Å². The van der Waals surface area contributed by atoms with Crippen molar-refractivity contribution in [3.8, 4) is 11.5 Å². The third kappa shape index (κ3) is 5.25. The fourth-order valence-electron chi connectivity index (χ4n) is 2.71. The van der Waals surface area contributed by atoms with Crippen LogP contribution in [0.4, 0.5) is 5.69 Å². The number of carbonyl (C=O) groups is 1. The van der Waals surface area contributed by atoms with Crippen molar-refractivity contribution in [1.29, 1.82) is 0 Å². The molecule has 1 amide bonds. The van der Waals surface area contributed by atoms with Crippen molar-refractivity contribution in [2.45, 2.75) is 52.6 Å². The smallest absolute Gasteiger partial charge is 0.265 e. The Hall–Kier alpha value is -2.49. The van der Waals surface area contributed by atoms with Crippen LogP contribution in [0, 0.1) is 0 Å². The van der Waals surface area contributed by atoms with Crippen LogP contribution in [0.3, 0.4) is 0 Å². The number of amides is 1. The van der Waals surface area contributed by atoms with Crippen LogP contribution in [-0.2, 0) is 4.79 Å². The van der Waals surface area contributed by atoms with Crippen LogP contribution >= 0.6 is 0 Å². The molecule has 1 N–H and O–H groups in total. The molecule has 0 aliphatic rings. The lowest BCUT2D eigenvalue weighted by Crippen LogP contribution is -2.32. The van der Waals surface area contributed by atoms with Gasteiger partial charge in [-0.2, -0.15) is 0 Å². The molecule has 0 saturated carbocycles. The van der Waals surface area contributed by atoms with E-state index >= 15 is 0 Å². The Morgan fingerprint density at radius 3 is 2.31 bits per heavy atom. The van der Waals surface area contributed by atoms with Crippen LogP contribution in [0.1, 0.15) is 52.0 Å². The Bertz CT molecular complexity index is 697. The lowest BCUT2D eigenvalue weighted by atomic mass is 9.98. The Balaban J connectivity index is 2.07. The molecule has 4 nitrogen and oxygen atoms in total. The summed E-state index contributed by atoms with van der Waals surface area (Å²) < 4.78 is 11.5. The van der Waals surface area contributed by atoms with E-state index in [-0.39, 0.29) is 5.91 Å². The summed E-state index contributed by atoms with van der Waals surface area (Å²) in [6, 6.07) is 15.3. The molecular formula is C22H29NO3. The number of carbonyl (C=O) groups excluding carboxylic acids is 1. The maximum absolute atomic E-state index is 12.6. The largest absolute Gasteiger partial charge is 0.494 e. The molecule has 140 valence electrons. The zero-order chi connectivity index (χ0) is 18.9. The summed E-state index contributed by atoms with van der Waals surface area (Å²) in [5.41, 5.74) is 1.87. The second-order valence-electron chi connectivity index (χ2n) is 6.31. The lowest BCUT2D eigenvalue weighted by Gasteiger charge is -2.21. The first-order valence-corrected chi connectivity index (χ1v) is 9.38. The van der Waals surface area contributed by atoms with Gasteiger partial charge in [-0.1, -0.05) is 39.0 Å². The van der Waals surface area contributed by atoms with E-state index < -0.39 is 6.10 Å². The van der Waals surface area contributed by atoms with E-state index in [0.29, 0.717) is 18.9 Å². The predicted molar refractivity (Wildman–Crippen MR) is 106 cm³/mol. The summed E-state index contributed by atoms with van der Waals surface area (Å²) in [4.78, 5) is 12.6. The molecule has 2 aromatic carbocycles. The highest BCUT2D eigenvalue weighted by atomic mass is 16.5. The molecule has 4 heteroatoms. The number of hydrogen-bond acceptors (Lipinski definition) is 3. The Morgan fingerprint density at radius 2 is 1.69 bits per heavy atom. The third-order valence-corrected chi connectivity index (χ3v) is 4.43. The van der Waals surface area contributed by atoms with E-state index in [0.717, 1.165) is 29.2 Å². The van der Waals surface area contributed by atoms with Crippen molar-refractivity contribution >= 4 is 11.6 Å². The summed E-state index contributed by atoms with van der Waals surface area (Å²) >= 11 is 0. The lowest BCUT2D eigenvalue weighted by molar-refractivity contribution is -0.122. The van der Waals surface area contributed by atoms with Gasteiger partial charge in [0.15, 0.2) is 6.10 Å². The van der Waals surface area contributed by atoms with E-state index in [1.54, 1.807) is 0 Å². The third-order valence-electron chi connectivity index (χ3n) is 4.43. The molecule has 2 atom stereocenters. The average molecular weight is 355 g/mol. The first kappa shape index (κ1) is 19.8. The minimum atomic E-state index is -0.535. The van der Waals surface area contributed by atoms with Crippen LogP contribution in [0.5, 0.6) is 11.5 Å². The second-order valence-corrected chi connectivity index (χ2v) is 6.31. The molecule has 0 radical (unpaired) electrons. The van der Waals surface area contributed by atoms with Crippen LogP contribution < -0.4 is 14.8 Å². The molecule has 0 spiro atoms. The molecule has 2 aromatic rings. The van der Waals surface area contributed by atoms with Gasteiger partial charge in [0.1, 0.15) is 11.5 Å². The van der Waals surface area contributed by atoms with Crippen LogP contribution in [0.25, 0.3) is 0 Å². The molecule has 0 heterocycles. The molecule has 0 aromatic heterocycles. The van der Waals surface area contributed by atoms with Gasteiger partial charge in [-0.3, -0.25) is 4.79 Å². The SMILES string of the molecule is CCOc1ccc(NC(=O)C(CC)Oc2ccccc2C(C)CC)cc1. The second kappa shape index (κ2) is 9.85. The predicted octanol–water partition coefficient (Wildman–Crippen LogP) is 5.39. The Labute approximate surface area is 156 Å². The van der Waals surface area contributed by atoms with Gasteiger partial charge in [0, 0.05) is 5.69 Å². The molecule has 0 saturated heterocycles. The molecule has 26 heavy (non-hydrogen) atoms. The summed E-state index contributed by atoms with van der Waals surface area (Å²) in [5, 5.41) is 2.93. The van der Waals surface area contributed by atoms with Gasteiger partial charge >= 0.3 is 0 Å². The maximum Gasteiger partial charge on any atom is 0.265 e. The number of ether oxygens (including phenoxy) is 2. The molecular weight excluding hydrogens is 326 g/mol. The summed E-state index contributed by atoms with van der Waals surface area (Å²) in [5.74, 6) is 1.82. The average Bonchev–Trinajstić information content (AvgIpc) is 2.67. The van der Waals surface area contributed by atoms with Crippen molar-refractivity contribution < 1.29 is 14.3 Å². The van der Waals surface area contributed by atoms with Crippen molar-refractivity contribution in [3.05, 3.63) is 54.1 Å². The van der Waals surface area contributed by atoms with Gasteiger partial charge in [-0.05, 0) is 61.6 Å². The van der Waals surface area contributed by atoms with Crippen molar-refractivity contribution in [1.82, 2.24) is 0 Å². The summed E-state index contributed by atoms with van der Waals surface area (Å²) in [6.07, 6.45) is 1.08. The van der Waals surface area contributed by atoms with Crippen LogP contribution in [0.2, 0.25) is 0 Å². The van der Waals surface area contributed by atoms with Gasteiger partial charge in [-0.25, -0.2) is 0 Å². The first-order chi connectivity index (χ1) is 12.6. The van der Waals surface area contributed by atoms with E-state index in [4.69, 9.17) is 9.47 Å². The van der Waals surface area contributed by atoms with E-state index in [9.17, 15) is 4.79 Å². The normalized spacial score (nSPS) is 12.9. The van der Waals surface area contributed by atoms with Crippen molar-refractivity contribution in [2.24, 2.45) is 0 Å².